The lowest BCUT2D eigenvalue weighted by Gasteiger charge is -2.22. The molecule has 1 fully saturated rings. The number of rotatable bonds is 8. The Balaban J connectivity index is 1.32. The van der Waals surface area contributed by atoms with Gasteiger partial charge in [-0.05, 0) is 56.8 Å². The molecule has 0 radical (unpaired) electrons. The van der Waals surface area contributed by atoms with E-state index >= 15 is 0 Å². The van der Waals surface area contributed by atoms with Crippen LogP contribution in [0.1, 0.15) is 37.1 Å². The van der Waals surface area contributed by atoms with Gasteiger partial charge in [0.1, 0.15) is 0 Å². The molecule has 1 aliphatic rings. The monoisotopic (exact) mass is 358 g/mol. The standard InChI is InChI=1S/C19H26N4OS/c24-18(4-3-15-5-10-20-11-6-15)22-9-1-2-19-23-17(14-25-19)16-7-12-21-13-8-16/h7-8,12-15,20H,1-6,9-11H2,(H,22,24). The van der Waals surface area contributed by atoms with Crippen molar-refractivity contribution in [2.24, 2.45) is 5.92 Å². The summed E-state index contributed by atoms with van der Waals surface area (Å²) in [5.41, 5.74) is 2.11. The Hall–Kier alpha value is -1.79. The van der Waals surface area contributed by atoms with Crippen molar-refractivity contribution in [3.63, 3.8) is 0 Å². The van der Waals surface area contributed by atoms with Gasteiger partial charge >= 0.3 is 0 Å². The summed E-state index contributed by atoms with van der Waals surface area (Å²) < 4.78 is 0. The van der Waals surface area contributed by atoms with Gasteiger partial charge in [-0.3, -0.25) is 9.78 Å². The third-order valence-electron chi connectivity index (χ3n) is 4.66. The Labute approximate surface area is 153 Å². The number of amides is 1. The quantitative estimate of drug-likeness (QED) is 0.712. The molecule has 2 N–H and O–H groups in total. The molecule has 0 unspecified atom stereocenters. The van der Waals surface area contributed by atoms with E-state index < -0.39 is 0 Å². The first-order chi connectivity index (χ1) is 12.3. The van der Waals surface area contributed by atoms with Crippen LogP contribution in [-0.4, -0.2) is 35.5 Å². The minimum atomic E-state index is 0.190. The normalized spacial score (nSPS) is 15.2. The van der Waals surface area contributed by atoms with Crippen LogP contribution in [0.5, 0.6) is 0 Å². The summed E-state index contributed by atoms with van der Waals surface area (Å²) in [6.07, 6.45) is 9.51. The summed E-state index contributed by atoms with van der Waals surface area (Å²) >= 11 is 1.68. The van der Waals surface area contributed by atoms with Crippen molar-refractivity contribution in [1.29, 1.82) is 0 Å². The van der Waals surface area contributed by atoms with E-state index in [2.05, 4.69) is 26.0 Å². The average Bonchev–Trinajstić information content (AvgIpc) is 3.14. The van der Waals surface area contributed by atoms with Crippen molar-refractivity contribution in [2.45, 2.75) is 38.5 Å². The summed E-state index contributed by atoms with van der Waals surface area (Å²) in [6, 6.07) is 3.95. The van der Waals surface area contributed by atoms with Crippen LogP contribution in [0.2, 0.25) is 0 Å². The molecule has 2 aromatic heterocycles. The number of piperidine rings is 1. The maximum absolute atomic E-state index is 11.9. The molecular weight excluding hydrogens is 332 g/mol. The average molecular weight is 359 g/mol. The summed E-state index contributed by atoms with van der Waals surface area (Å²) in [7, 11) is 0. The van der Waals surface area contributed by atoms with E-state index in [9.17, 15) is 4.79 Å². The van der Waals surface area contributed by atoms with Crippen LogP contribution in [-0.2, 0) is 11.2 Å². The molecule has 0 spiro atoms. The number of carbonyl (C=O) groups excluding carboxylic acids is 1. The lowest BCUT2D eigenvalue weighted by Crippen LogP contribution is -2.29. The SMILES string of the molecule is O=C(CCC1CCNCC1)NCCCc1nc(-c2ccncc2)cs1. The second kappa shape index (κ2) is 9.63. The number of thiazole rings is 1. The lowest BCUT2D eigenvalue weighted by molar-refractivity contribution is -0.121. The zero-order chi connectivity index (χ0) is 17.3. The second-order valence-electron chi connectivity index (χ2n) is 6.55. The molecule has 0 bridgehead atoms. The van der Waals surface area contributed by atoms with E-state index in [1.54, 1.807) is 23.7 Å². The number of hydrogen-bond donors (Lipinski definition) is 2. The molecule has 0 atom stereocenters. The van der Waals surface area contributed by atoms with E-state index in [-0.39, 0.29) is 5.91 Å². The second-order valence-corrected chi connectivity index (χ2v) is 7.49. The Morgan fingerprint density at radius 2 is 2.08 bits per heavy atom. The highest BCUT2D eigenvalue weighted by Gasteiger charge is 2.14. The van der Waals surface area contributed by atoms with Gasteiger partial charge in [0.25, 0.3) is 0 Å². The predicted molar refractivity (Wildman–Crippen MR) is 102 cm³/mol. The number of aryl methyl sites for hydroxylation is 1. The molecule has 3 heterocycles. The fraction of sp³-hybridized carbons (Fsp3) is 0.526. The molecule has 0 aliphatic carbocycles. The van der Waals surface area contributed by atoms with Gasteiger partial charge in [0, 0.05) is 42.7 Å². The highest BCUT2D eigenvalue weighted by atomic mass is 32.1. The molecule has 2 aromatic rings. The number of aromatic nitrogens is 2. The fourth-order valence-corrected chi connectivity index (χ4v) is 3.99. The largest absolute Gasteiger partial charge is 0.356 e. The van der Waals surface area contributed by atoms with Crippen molar-refractivity contribution < 1.29 is 4.79 Å². The van der Waals surface area contributed by atoms with E-state index in [4.69, 9.17) is 0 Å². The molecule has 1 saturated heterocycles. The third-order valence-corrected chi connectivity index (χ3v) is 5.56. The summed E-state index contributed by atoms with van der Waals surface area (Å²) in [5, 5.41) is 9.61. The van der Waals surface area contributed by atoms with Gasteiger partial charge in [0.15, 0.2) is 0 Å². The van der Waals surface area contributed by atoms with Gasteiger partial charge in [0.2, 0.25) is 5.91 Å². The topological polar surface area (TPSA) is 66.9 Å². The van der Waals surface area contributed by atoms with E-state index in [0.717, 1.165) is 55.2 Å². The molecular formula is C19H26N4OS. The number of hydrogen-bond acceptors (Lipinski definition) is 5. The molecule has 0 aromatic carbocycles. The molecule has 3 rings (SSSR count). The predicted octanol–water partition coefficient (Wildman–Crippen LogP) is 3.03. The molecule has 1 amide bonds. The maximum Gasteiger partial charge on any atom is 0.220 e. The van der Waals surface area contributed by atoms with E-state index in [1.807, 2.05) is 12.1 Å². The molecule has 25 heavy (non-hydrogen) atoms. The van der Waals surface area contributed by atoms with Crippen LogP contribution in [0.15, 0.2) is 29.9 Å². The van der Waals surface area contributed by atoms with Crippen LogP contribution in [0, 0.1) is 5.92 Å². The number of nitrogens with one attached hydrogen (secondary N) is 2. The summed E-state index contributed by atoms with van der Waals surface area (Å²) in [6.45, 7) is 2.93. The smallest absolute Gasteiger partial charge is 0.220 e. The van der Waals surface area contributed by atoms with Crippen molar-refractivity contribution in [3.8, 4) is 11.3 Å². The molecule has 6 heteroatoms. The van der Waals surface area contributed by atoms with Crippen LogP contribution in [0.4, 0.5) is 0 Å². The van der Waals surface area contributed by atoms with Crippen LogP contribution < -0.4 is 10.6 Å². The zero-order valence-corrected chi connectivity index (χ0v) is 15.4. The van der Waals surface area contributed by atoms with E-state index in [1.165, 1.54) is 12.8 Å². The summed E-state index contributed by atoms with van der Waals surface area (Å²) in [4.78, 5) is 20.6. The van der Waals surface area contributed by atoms with Crippen LogP contribution >= 0.6 is 11.3 Å². The highest BCUT2D eigenvalue weighted by molar-refractivity contribution is 7.09. The zero-order valence-electron chi connectivity index (χ0n) is 14.5. The Morgan fingerprint density at radius 1 is 1.28 bits per heavy atom. The Kier molecular flexibility index (Phi) is 6.94. The first-order valence-electron chi connectivity index (χ1n) is 9.13. The Morgan fingerprint density at radius 3 is 2.88 bits per heavy atom. The first kappa shape index (κ1) is 18.0. The van der Waals surface area contributed by atoms with Gasteiger partial charge in [-0.15, -0.1) is 11.3 Å². The fourth-order valence-electron chi connectivity index (χ4n) is 3.14. The third kappa shape index (κ3) is 5.90. The lowest BCUT2D eigenvalue weighted by atomic mass is 9.93. The van der Waals surface area contributed by atoms with Crippen LogP contribution in [0.25, 0.3) is 11.3 Å². The van der Waals surface area contributed by atoms with E-state index in [0.29, 0.717) is 12.3 Å². The Bertz CT molecular complexity index is 652. The highest BCUT2D eigenvalue weighted by Crippen LogP contribution is 2.21. The number of nitrogens with zero attached hydrogens (tertiary/aromatic N) is 2. The van der Waals surface area contributed by atoms with Crippen molar-refractivity contribution >= 4 is 17.2 Å². The maximum atomic E-state index is 11.9. The number of pyridine rings is 1. The van der Waals surface area contributed by atoms with Gasteiger partial charge in [0.05, 0.1) is 10.7 Å². The van der Waals surface area contributed by atoms with Gasteiger partial charge < -0.3 is 10.6 Å². The first-order valence-corrected chi connectivity index (χ1v) is 10.0. The minimum Gasteiger partial charge on any atom is -0.356 e. The van der Waals surface area contributed by atoms with Gasteiger partial charge in [-0.2, -0.15) is 0 Å². The van der Waals surface area contributed by atoms with Gasteiger partial charge in [-0.1, -0.05) is 0 Å². The van der Waals surface area contributed by atoms with Crippen LogP contribution in [0.3, 0.4) is 0 Å². The number of carbonyl (C=O) groups is 1. The minimum absolute atomic E-state index is 0.190. The molecule has 134 valence electrons. The molecule has 5 nitrogen and oxygen atoms in total. The molecule has 0 saturated carbocycles. The van der Waals surface area contributed by atoms with Crippen molar-refractivity contribution in [2.75, 3.05) is 19.6 Å². The van der Waals surface area contributed by atoms with Gasteiger partial charge in [-0.25, -0.2) is 4.98 Å². The van der Waals surface area contributed by atoms with Crippen molar-refractivity contribution in [3.05, 3.63) is 34.9 Å². The molecule has 1 aliphatic heterocycles. The summed E-state index contributed by atoms with van der Waals surface area (Å²) in [5.74, 6) is 0.907. The van der Waals surface area contributed by atoms with Crippen molar-refractivity contribution in [1.82, 2.24) is 20.6 Å².